The van der Waals surface area contributed by atoms with Crippen LogP contribution in [0.5, 0.6) is 0 Å². The van der Waals surface area contributed by atoms with Crippen LogP contribution < -0.4 is 0 Å². The highest BCUT2D eigenvalue weighted by atomic mass is 16.1. The number of nitrogens with zero attached hydrogens (tertiary/aromatic N) is 2. The van der Waals surface area contributed by atoms with Crippen LogP contribution in [0.15, 0.2) is 28.9 Å². The van der Waals surface area contributed by atoms with Crippen molar-refractivity contribution in [2.75, 3.05) is 0 Å². The van der Waals surface area contributed by atoms with E-state index in [4.69, 9.17) is 5.26 Å². The van der Waals surface area contributed by atoms with Crippen LogP contribution in [-0.2, 0) is 4.79 Å². The van der Waals surface area contributed by atoms with Gasteiger partial charge in [0.1, 0.15) is 0 Å². The van der Waals surface area contributed by atoms with Crippen molar-refractivity contribution in [2.24, 2.45) is 10.9 Å². The first kappa shape index (κ1) is 7.46. The van der Waals surface area contributed by atoms with Crippen molar-refractivity contribution in [1.29, 1.82) is 5.26 Å². The third-order valence-electron chi connectivity index (χ3n) is 1.42. The van der Waals surface area contributed by atoms with Gasteiger partial charge in [0.2, 0.25) is 6.08 Å². The fourth-order valence-corrected chi connectivity index (χ4v) is 0.892. The minimum Gasteiger partial charge on any atom is -0.211 e. The number of isocyanates is 1. The van der Waals surface area contributed by atoms with Crippen LogP contribution in [0.25, 0.3) is 0 Å². The van der Waals surface area contributed by atoms with Crippen molar-refractivity contribution in [2.45, 2.75) is 6.42 Å². The number of nitriles is 1. The molecule has 0 aliphatic heterocycles. The molecule has 1 atom stereocenters. The lowest BCUT2D eigenvalue weighted by atomic mass is 10.0. The lowest BCUT2D eigenvalue weighted by Crippen LogP contribution is -1.97. The van der Waals surface area contributed by atoms with Crippen LogP contribution in [0.4, 0.5) is 0 Å². The van der Waals surface area contributed by atoms with Gasteiger partial charge in [-0.05, 0) is 6.08 Å². The van der Waals surface area contributed by atoms with Crippen molar-refractivity contribution < 1.29 is 4.79 Å². The molecule has 3 nitrogen and oxygen atoms in total. The van der Waals surface area contributed by atoms with Gasteiger partial charge in [-0.25, -0.2) is 4.79 Å². The van der Waals surface area contributed by atoms with Crippen molar-refractivity contribution in [3.05, 3.63) is 23.9 Å². The van der Waals surface area contributed by atoms with E-state index in [1.54, 1.807) is 18.2 Å². The molecule has 0 saturated carbocycles. The highest BCUT2D eigenvalue weighted by Gasteiger charge is 2.08. The molecular weight excluding hydrogens is 140 g/mol. The summed E-state index contributed by atoms with van der Waals surface area (Å²) in [5, 5.41) is 8.51. The second-order valence-corrected chi connectivity index (χ2v) is 2.19. The maximum atomic E-state index is 9.83. The summed E-state index contributed by atoms with van der Waals surface area (Å²) in [4.78, 5) is 13.3. The molecule has 0 aromatic heterocycles. The third kappa shape index (κ3) is 1.89. The third-order valence-corrected chi connectivity index (χ3v) is 1.42. The van der Waals surface area contributed by atoms with Gasteiger partial charge in [0.25, 0.3) is 0 Å². The van der Waals surface area contributed by atoms with E-state index in [0.717, 1.165) is 0 Å². The van der Waals surface area contributed by atoms with E-state index < -0.39 is 0 Å². The van der Waals surface area contributed by atoms with Crippen LogP contribution in [0, 0.1) is 17.2 Å². The van der Waals surface area contributed by atoms with Crippen LogP contribution in [0.3, 0.4) is 0 Å². The molecule has 1 aliphatic rings. The fraction of sp³-hybridized carbons (Fsp3) is 0.250. The summed E-state index contributed by atoms with van der Waals surface area (Å²) in [6.45, 7) is 0. The molecule has 0 saturated heterocycles. The summed E-state index contributed by atoms with van der Waals surface area (Å²) in [5.74, 6) is -0.146. The quantitative estimate of drug-likeness (QED) is 0.413. The number of allylic oxidation sites excluding steroid dienone is 4. The van der Waals surface area contributed by atoms with E-state index >= 15 is 0 Å². The fourth-order valence-electron chi connectivity index (χ4n) is 0.892. The number of hydrogen-bond acceptors (Lipinski definition) is 3. The van der Waals surface area contributed by atoms with Crippen LogP contribution in [0.1, 0.15) is 6.42 Å². The molecule has 0 spiro atoms. The Kier molecular flexibility index (Phi) is 2.37. The monoisotopic (exact) mass is 146 g/mol. The summed E-state index contributed by atoms with van der Waals surface area (Å²) in [6, 6.07) is 2.07. The highest BCUT2D eigenvalue weighted by Crippen LogP contribution is 2.17. The Morgan fingerprint density at radius 2 is 2.55 bits per heavy atom. The summed E-state index contributed by atoms with van der Waals surface area (Å²) in [5.41, 5.74) is 0.619. The molecule has 0 bridgehead atoms. The average Bonchev–Trinajstić information content (AvgIpc) is 2.06. The molecule has 0 aromatic rings. The second-order valence-electron chi connectivity index (χ2n) is 2.19. The zero-order valence-electron chi connectivity index (χ0n) is 5.82. The summed E-state index contributed by atoms with van der Waals surface area (Å²) in [6.07, 6.45) is 7.18. The van der Waals surface area contributed by atoms with E-state index in [0.29, 0.717) is 12.1 Å². The number of rotatable bonds is 1. The van der Waals surface area contributed by atoms with Crippen LogP contribution in [-0.4, -0.2) is 6.08 Å². The molecule has 3 heteroatoms. The van der Waals surface area contributed by atoms with E-state index in [2.05, 4.69) is 11.1 Å². The predicted molar refractivity (Wildman–Crippen MR) is 39.1 cm³/mol. The Morgan fingerprint density at radius 3 is 3.18 bits per heavy atom. The van der Waals surface area contributed by atoms with E-state index in [1.165, 1.54) is 6.08 Å². The Hall–Kier alpha value is -1.65. The zero-order chi connectivity index (χ0) is 8.10. The molecule has 11 heavy (non-hydrogen) atoms. The average molecular weight is 146 g/mol. The molecular formula is C8H6N2O. The van der Waals surface area contributed by atoms with Crippen molar-refractivity contribution in [1.82, 2.24) is 0 Å². The molecule has 0 heterocycles. The van der Waals surface area contributed by atoms with Gasteiger partial charge in [0, 0.05) is 6.42 Å². The molecule has 0 radical (unpaired) electrons. The minimum absolute atomic E-state index is 0.146. The topological polar surface area (TPSA) is 53.2 Å². The largest absolute Gasteiger partial charge is 0.240 e. The molecule has 1 aliphatic carbocycles. The van der Waals surface area contributed by atoms with E-state index in [1.807, 2.05) is 0 Å². The van der Waals surface area contributed by atoms with Crippen molar-refractivity contribution >= 4 is 6.08 Å². The first-order valence-electron chi connectivity index (χ1n) is 3.21. The van der Waals surface area contributed by atoms with Crippen molar-refractivity contribution in [3.8, 4) is 6.07 Å². The van der Waals surface area contributed by atoms with Gasteiger partial charge in [-0.15, -0.1) is 0 Å². The first-order valence-corrected chi connectivity index (χ1v) is 3.21. The molecule has 54 valence electrons. The van der Waals surface area contributed by atoms with Gasteiger partial charge in [0.15, 0.2) is 0 Å². The summed E-state index contributed by atoms with van der Waals surface area (Å²) in [7, 11) is 0. The number of hydrogen-bond donors (Lipinski definition) is 0. The zero-order valence-corrected chi connectivity index (χ0v) is 5.82. The van der Waals surface area contributed by atoms with Crippen molar-refractivity contribution in [3.63, 3.8) is 0 Å². The van der Waals surface area contributed by atoms with E-state index in [-0.39, 0.29) is 5.92 Å². The normalized spacial score (nSPS) is 21.4. The molecule has 0 N–H and O–H groups in total. The van der Waals surface area contributed by atoms with Gasteiger partial charge >= 0.3 is 0 Å². The van der Waals surface area contributed by atoms with Gasteiger partial charge in [-0.3, -0.25) is 0 Å². The molecule has 0 amide bonds. The minimum atomic E-state index is -0.146. The highest BCUT2D eigenvalue weighted by molar-refractivity contribution is 5.38. The summed E-state index contributed by atoms with van der Waals surface area (Å²) < 4.78 is 0. The number of aliphatic imine (C=N–C) groups is 1. The predicted octanol–water partition coefficient (Wildman–Crippen LogP) is 1.31. The Morgan fingerprint density at radius 1 is 1.73 bits per heavy atom. The number of carbonyl (C=O) groups excluding carboxylic acids is 1. The van der Waals surface area contributed by atoms with Gasteiger partial charge in [-0.1, -0.05) is 12.2 Å². The Labute approximate surface area is 64.4 Å². The maximum absolute atomic E-state index is 9.83. The Balaban J connectivity index is 2.73. The van der Waals surface area contributed by atoms with E-state index in [9.17, 15) is 4.79 Å². The van der Waals surface area contributed by atoms with Crippen LogP contribution in [0.2, 0.25) is 0 Å². The SMILES string of the molecule is N#CC1C=CC=C(N=C=O)C1. The lowest BCUT2D eigenvalue weighted by Gasteiger charge is -2.05. The standard InChI is InChI=1S/C8H6N2O/c9-5-7-2-1-3-8(4-7)10-6-11/h1-3,7H,4H2. The van der Waals surface area contributed by atoms with Gasteiger partial charge in [-0.2, -0.15) is 10.3 Å². The van der Waals surface area contributed by atoms with Crippen LogP contribution >= 0.6 is 0 Å². The van der Waals surface area contributed by atoms with Gasteiger partial charge in [0.05, 0.1) is 17.7 Å². The molecule has 1 rings (SSSR count). The summed E-state index contributed by atoms with van der Waals surface area (Å²) >= 11 is 0. The Bertz CT molecular complexity index is 290. The first-order chi connectivity index (χ1) is 5.36. The molecule has 1 unspecified atom stereocenters. The lowest BCUT2D eigenvalue weighted by molar-refractivity contribution is 0.564. The van der Waals surface area contributed by atoms with Gasteiger partial charge < -0.3 is 0 Å². The smallest absolute Gasteiger partial charge is 0.211 e. The maximum Gasteiger partial charge on any atom is 0.240 e. The molecule has 0 fully saturated rings. The second kappa shape index (κ2) is 3.50. The molecule has 0 aromatic carbocycles.